The molecule has 1 N–H and O–H groups in total. The number of hydrogen-bond acceptors (Lipinski definition) is 3. The summed E-state index contributed by atoms with van der Waals surface area (Å²) in [5, 5.41) is 3.91. The topological polar surface area (TPSA) is 35.6 Å². The Morgan fingerprint density at radius 1 is 1.14 bits per heavy atom. The van der Waals surface area contributed by atoms with Gasteiger partial charge in [-0.1, -0.05) is 41.9 Å². The molecule has 0 aliphatic carbocycles. The van der Waals surface area contributed by atoms with Crippen molar-refractivity contribution in [2.45, 2.75) is 25.8 Å². The van der Waals surface area contributed by atoms with Crippen LogP contribution in [0.2, 0.25) is 5.02 Å². The Labute approximate surface area is 173 Å². The summed E-state index contributed by atoms with van der Waals surface area (Å²) in [4.78, 5) is 17.1. The summed E-state index contributed by atoms with van der Waals surface area (Å²) < 4.78 is 0. The average Bonchev–Trinajstić information content (AvgIpc) is 2.72. The van der Waals surface area contributed by atoms with Crippen LogP contribution in [0.15, 0.2) is 54.6 Å². The van der Waals surface area contributed by atoms with E-state index in [1.807, 2.05) is 36.4 Å². The van der Waals surface area contributed by atoms with E-state index in [1.165, 1.54) is 11.3 Å². The van der Waals surface area contributed by atoms with Gasteiger partial charge in [0.15, 0.2) is 0 Å². The minimum atomic E-state index is 0.141. The second-order valence-electron chi connectivity index (χ2n) is 7.58. The quantitative estimate of drug-likeness (QED) is 0.676. The molecule has 1 aliphatic rings. The van der Waals surface area contributed by atoms with E-state index in [0.717, 1.165) is 57.0 Å². The fourth-order valence-corrected chi connectivity index (χ4v) is 3.94. The van der Waals surface area contributed by atoms with Crippen LogP contribution in [0.5, 0.6) is 0 Å². The van der Waals surface area contributed by atoms with Gasteiger partial charge < -0.3 is 10.2 Å². The van der Waals surface area contributed by atoms with Crippen molar-refractivity contribution < 1.29 is 4.79 Å². The summed E-state index contributed by atoms with van der Waals surface area (Å²) in [7, 11) is 2.09. The molecule has 3 rings (SSSR count). The molecule has 0 atom stereocenters. The first-order valence-electron chi connectivity index (χ1n) is 10.1. The molecule has 2 aromatic carbocycles. The Balaban J connectivity index is 1.33. The molecule has 5 heteroatoms. The average molecular weight is 400 g/mol. The number of carbonyl (C=O) groups excluding carboxylic acids is 1. The van der Waals surface area contributed by atoms with Crippen LogP contribution in [-0.4, -0.2) is 44.0 Å². The highest BCUT2D eigenvalue weighted by molar-refractivity contribution is 6.30. The van der Waals surface area contributed by atoms with E-state index in [1.54, 1.807) is 0 Å². The zero-order valence-corrected chi connectivity index (χ0v) is 17.4. The number of anilines is 1. The van der Waals surface area contributed by atoms with Gasteiger partial charge in [0, 0.05) is 43.3 Å². The number of hydrogen-bond donors (Lipinski definition) is 1. The van der Waals surface area contributed by atoms with E-state index in [2.05, 4.69) is 40.4 Å². The van der Waals surface area contributed by atoms with Crippen molar-refractivity contribution in [1.29, 1.82) is 0 Å². The molecule has 2 aromatic rings. The van der Waals surface area contributed by atoms with Gasteiger partial charge in [-0.15, -0.1) is 0 Å². The van der Waals surface area contributed by atoms with Crippen molar-refractivity contribution in [3.8, 4) is 0 Å². The molecule has 0 unspecified atom stereocenters. The van der Waals surface area contributed by atoms with Gasteiger partial charge in [0.2, 0.25) is 5.91 Å². The van der Waals surface area contributed by atoms with Gasteiger partial charge in [0.1, 0.15) is 0 Å². The lowest BCUT2D eigenvalue weighted by Crippen LogP contribution is -2.40. The van der Waals surface area contributed by atoms with Crippen LogP contribution in [0.25, 0.3) is 0 Å². The summed E-state index contributed by atoms with van der Waals surface area (Å²) >= 11 is 6.07. The van der Waals surface area contributed by atoms with E-state index >= 15 is 0 Å². The highest BCUT2D eigenvalue weighted by Crippen LogP contribution is 2.20. The van der Waals surface area contributed by atoms with E-state index in [-0.39, 0.29) is 11.8 Å². The van der Waals surface area contributed by atoms with Gasteiger partial charge in [-0.25, -0.2) is 0 Å². The first kappa shape index (κ1) is 20.7. The SMILES string of the molecule is CN(CCCNC(=O)C1CCN(Cc2cccc(Cl)c2)CC1)c1ccccc1. The predicted molar refractivity (Wildman–Crippen MR) is 117 cm³/mol. The monoisotopic (exact) mass is 399 g/mol. The molecule has 0 radical (unpaired) electrons. The molecule has 1 amide bonds. The fourth-order valence-electron chi connectivity index (χ4n) is 3.73. The molecule has 150 valence electrons. The van der Waals surface area contributed by atoms with Gasteiger partial charge in [-0.3, -0.25) is 9.69 Å². The number of piperidine rings is 1. The molecule has 1 heterocycles. The molecule has 0 saturated carbocycles. The number of carbonyl (C=O) groups is 1. The Morgan fingerprint density at radius 3 is 2.61 bits per heavy atom. The van der Waals surface area contributed by atoms with E-state index in [4.69, 9.17) is 11.6 Å². The summed E-state index contributed by atoms with van der Waals surface area (Å²) in [6.45, 7) is 4.49. The third-order valence-corrected chi connectivity index (χ3v) is 5.66. The lowest BCUT2D eigenvalue weighted by Gasteiger charge is -2.31. The maximum absolute atomic E-state index is 12.5. The zero-order valence-electron chi connectivity index (χ0n) is 16.6. The minimum Gasteiger partial charge on any atom is -0.375 e. The van der Waals surface area contributed by atoms with Gasteiger partial charge in [0.05, 0.1) is 0 Å². The Kier molecular flexibility index (Phi) is 7.75. The third kappa shape index (κ3) is 6.25. The number of para-hydroxylation sites is 1. The number of rotatable bonds is 8. The fraction of sp³-hybridized carbons (Fsp3) is 0.435. The number of benzene rings is 2. The van der Waals surface area contributed by atoms with Gasteiger partial charge in [-0.2, -0.15) is 0 Å². The normalized spacial score (nSPS) is 15.4. The molecule has 0 aromatic heterocycles. The lowest BCUT2D eigenvalue weighted by molar-refractivity contribution is -0.126. The van der Waals surface area contributed by atoms with Crippen molar-refractivity contribution in [2.75, 3.05) is 38.1 Å². The Hall–Kier alpha value is -2.04. The molecule has 0 bridgehead atoms. The van der Waals surface area contributed by atoms with Crippen molar-refractivity contribution in [3.63, 3.8) is 0 Å². The Bertz CT molecular complexity index is 745. The smallest absolute Gasteiger partial charge is 0.223 e. The largest absolute Gasteiger partial charge is 0.375 e. The first-order valence-corrected chi connectivity index (χ1v) is 10.5. The molecule has 1 aliphatic heterocycles. The Morgan fingerprint density at radius 2 is 1.89 bits per heavy atom. The van der Waals surface area contributed by atoms with Crippen molar-refractivity contribution in [2.24, 2.45) is 5.92 Å². The molecule has 1 saturated heterocycles. The summed E-state index contributed by atoms with van der Waals surface area (Å²) in [5.41, 5.74) is 2.44. The van der Waals surface area contributed by atoms with Crippen molar-refractivity contribution in [1.82, 2.24) is 10.2 Å². The van der Waals surface area contributed by atoms with Crippen LogP contribution in [0, 0.1) is 5.92 Å². The van der Waals surface area contributed by atoms with Crippen molar-refractivity contribution in [3.05, 3.63) is 65.2 Å². The second-order valence-corrected chi connectivity index (χ2v) is 8.02. The van der Waals surface area contributed by atoms with Crippen LogP contribution in [0.1, 0.15) is 24.8 Å². The van der Waals surface area contributed by atoms with Crippen LogP contribution in [0.3, 0.4) is 0 Å². The predicted octanol–water partition coefficient (Wildman–Crippen LogP) is 4.19. The van der Waals surface area contributed by atoms with Crippen molar-refractivity contribution >= 4 is 23.2 Å². The first-order chi connectivity index (χ1) is 13.6. The highest BCUT2D eigenvalue weighted by Gasteiger charge is 2.24. The molecule has 4 nitrogen and oxygen atoms in total. The summed E-state index contributed by atoms with van der Waals surface area (Å²) in [5.74, 6) is 0.354. The van der Waals surface area contributed by atoms with Crippen LogP contribution >= 0.6 is 11.6 Å². The molecule has 28 heavy (non-hydrogen) atoms. The number of halogens is 1. The molecular weight excluding hydrogens is 370 g/mol. The van der Waals surface area contributed by atoms with Crippen LogP contribution in [-0.2, 0) is 11.3 Å². The number of nitrogens with zero attached hydrogens (tertiary/aromatic N) is 2. The molecule has 0 spiro atoms. The van der Waals surface area contributed by atoms with Gasteiger partial charge >= 0.3 is 0 Å². The van der Waals surface area contributed by atoms with E-state index in [0.29, 0.717) is 0 Å². The molecular formula is C23H30ClN3O. The standard InChI is InChI=1S/C23H30ClN3O/c1-26(22-9-3-2-4-10-22)14-6-13-25-23(28)20-11-15-27(16-12-20)18-19-7-5-8-21(24)17-19/h2-5,7-10,17,20H,6,11-16,18H2,1H3,(H,25,28). The zero-order chi connectivity index (χ0) is 19.8. The number of nitrogens with one attached hydrogen (secondary N) is 1. The van der Waals surface area contributed by atoms with E-state index in [9.17, 15) is 4.79 Å². The second kappa shape index (κ2) is 10.5. The maximum atomic E-state index is 12.5. The number of amides is 1. The van der Waals surface area contributed by atoms with E-state index < -0.39 is 0 Å². The van der Waals surface area contributed by atoms with Gasteiger partial charge in [0.25, 0.3) is 0 Å². The molecule has 1 fully saturated rings. The third-order valence-electron chi connectivity index (χ3n) is 5.42. The van der Waals surface area contributed by atoms with Crippen LogP contribution in [0.4, 0.5) is 5.69 Å². The highest BCUT2D eigenvalue weighted by atomic mass is 35.5. The number of likely N-dealkylation sites (tertiary alicyclic amines) is 1. The van der Waals surface area contributed by atoms with Gasteiger partial charge in [-0.05, 0) is 62.2 Å². The maximum Gasteiger partial charge on any atom is 0.223 e. The van der Waals surface area contributed by atoms with Crippen LogP contribution < -0.4 is 10.2 Å². The lowest BCUT2D eigenvalue weighted by atomic mass is 9.95. The summed E-state index contributed by atoms with van der Waals surface area (Å²) in [6, 6.07) is 18.4. The summed E-state index contributed by atoms with van der Waals surface area (Å²) in [6.07, 6.45) is 2.80. The minimum absolute atomic E-state index is 0.141.